The van der Waals surface area contributed by atoms with Gasteiger partial charge in [-0.3, -0.25) is 4.84 Å². The first-order chi connectivity index (χ1) is 9.93. The van der Waals surface area contributed by atoms with Crippen LogP contribution in [0.3, 0.4) is 0 Å². The van der Waals surface area contributed by atoms with Gasteiger partial charge in [0.1, 0.15) is 11.4 Å². The van der Waals surface area contributed by atoms with Crippen LogP contribution in [-0.2, 0) is 4.84 Å². The van der Waals surface area contributed by atoms with Crippen LogP contribution in [0.1, 0.15) is 13.8 Å². The molecule has 0 saturated carbocycles. The van der Waals surface area contributed by atoms with E-state index in [1.807, 2.05) is 13.8 Å². The van der Waals surface area contributed by atoms with Crippen LogP contribution < -0.4 is 9.75 Å². The van der Waals surface area contributed by atoms with Crippen LogP contribution in [0.5, 0.6) is 5.75 Å². The van der Waals surface area contributed by atoms with Gasteiger partial charge < -0.3 is 4.74 Å². The fraction of sp³-hybridized carbons (Fsp3) is 0.385. The highest BCUT2D eigenvalue weighted by molar-refractivity contribution is 6.32. The van der Waals surface area contributed by atoms with E-state index in [-0.39, 0.29) is 29.1 Å². The molecule has 2 amide bonds. The lowest BCUT2D eigenvalue weighted by Gasteiger charge is -2.28. The van der Waals surface area contributed by atoms with Crippen molar-refractivity contribution >= 4 is 29.5 Å². The number of hydrogen-bond acceptors (Lipinski definition) is 4. The van der Waals surface area contributed by atoms with Crippen LogP contribution in [0, 0.1) is 5.82 Å². The van der Waals surface area contributed by atoms with E-state index in [0.717, 1.165) is 16.1 Å². The van der Waals surface area contributed by atoms with Crippen LogP contribution in [0.2, 0.25) is 5.02 Å². The smallest absolute Gasteiger partial charge is 0.369 e. The van der Waals surface area contributed by atoms with Crippen LogP contribution in [0.4, 0.5) is 14.9 Å². The summed E-state index contributed by atoms with van der Waals surface area (Å²) in [6.45, 7) is 3.82. The van der Waals surface area contributed by atoms with E-state index in [4.69, 9.17) is 21.2 Å². The van der Waals surface area contributed by atoms with Crippen LogP contribution in [0.25, 0.3) is 0 Å². The summed E-state index contributed by atoms with van der Waals surface area (Å²) >= 11 is 5.93. The zero-order chi connectivity index (χ0) is 15.6. The average Bonchev–Trinajstić information content (AvgIpc) is 2.42. The predicted molar refractivity (Wildman–Crippen MR) is 77.3 cm³/mol. The van der Waals surface area contributed by atoms with Crippen molar-refractivity contribution in [1.82, 2.24) is 5.06 Å². The highest BCUT2D eigenvalue weighted by atomic mass is 35.5. The maximum atomic E-state index is 14.1. The van der Waals surface area contributed by atoms with Gasteiger partial charge in [-0.2, -0.15) is 15.2 Å². The topological polar surface area (TPSA) is 54.4 Å². The first-order valence-corrected chi connectivity index (χ1v) is 6.65. The van der Waals surface area contributed by atoms with E-state index in [2.05, 4.69) is 5.10 Å². The molecule has 0 aliphatic carbocycles. The monoisotopic (exact) mass is 315 g/mol. The van der Waals surface area contributed by atoms with E-state index < -0.39 is 11.8 Å². The van der Waals surface area contributed by atoms with E-state index in [9.17, 15) is 9.18 Å². The van der Waals surface area contributed by atoms with Crippen LogP contribution >= 0.6 is 11.6 Å². The van der Waals surface area contributed by atoms with Crippen molar-refractivity contribution in [1.29, 1.82) is 0 Å². The van der Waals surface area contributed by atoms with Gasteiger partial charge in [-0.15, -0.1) is 0 Å². The third-order valence-electron chi connectivity index (χ3n) is 2.65. The van der Waals surface area contributed by atoms with Gasteiger partial charge in [0.05, 0.1) is 24.8 Å². The minimum absolute atomic E-state index is 0.0574. The van der Waals surface area contributed by atoms with E-state index >= 15 is 0 Å². The molecule has 1 heterocycles. The SMILES string of the molecule is CON1CC=NN(c2cc(OC(C)C)c(Cl)cc2F)C1=O. The number of carbonyl (C=O) groups excluding carboxylic acids is 1. The van der Waals surface area contributed by atoms with Crippen LogP contribution in [0.15, 0.2) is 17.2 Å². The standard InChI is InChI=1S/C13H15ClFN3O3/c1-8(2)21-12-7-11(10(15)6-9(12)14)18-13(19)17(20-3)5-4-16-18/h4,6-8H,5H2,1-3H3. The summed E-state index contributed by atoms with van der Waals surface area (Å²) in [4.78, 5) is 17.0. The average molecular weight is 316 g/mol. The van der Waals surface area contributed by atoms with Crippen molar-refractivity contribution in [3.63, 3.8) is 0 Å². The van der Waals surface area contributed by atoms with Gasteiger partial charge in [-0.1, -0.05) is 11.6 Å². The summed E-state index contributed by atoms with van der Waals surface area (Å²) in [5, 5.41) is 5.96. The number of nitrogens with zero attached hydrogens (tertiary/aromatic N) is 3. The fourth-order valence-electron chi connectivity index (χ4n) is 1.77. The summed E-state index contributed by atoms with van der Waals surface area (Å²) < 4.78 is 19.6. The molecule has 2 rings (SSSR count). The van der Waals surface area contributed by atoms with Gasteiger partial charge in [0, 0.05) is 12.3 Å². The third-order valence-corrected chi connectivity index (χ3v) is 2.95. The van der Waals surface area contributed by atoms with Crippen molar-refractivity contribution < 1.29 is 18.8 Å². The van der Waals surface area contributed by atoms with E-state index in [1.165, 1.54) is 19.4 Å². The molecule has 0 saturated heterocycles. The second kappa shape index (κ2) is 6.28. The lowest BCUT2D eigenvalue weighted by atomic mass is 10.2. The van der Waals surface area contributed by atoms with Gasteiger partial charge in [0.2, 0.25) is 0 Å². The summed E-state index contributed by atoms with van der Waals surface area (Å²) in [6.07, 6.45) is 1.29. The van der Waals surface area contributed by atoms with Gasteiger partial charge in [-0.25, -0.2) is 9.18 Å². The van der Waals surface area contributed by atoms with Crippen LogP contribution in [-0.4, -0.2) is 37.1 Å². The molecule has 1 aliphatic rings. The van der Waals surface area contributed by atoms with Crippen molar-refractivity contribution in [3.05, 3.63) is 23.0 Å². The van der Waals surface area contributed by atoms with E-state index in [1.54, 1.807) is 0 Å². The molecular weight excluding hydrogens is 301 g/mol. The Labute approximate surface area is 126 Å². The van der Waals surface area contributed by atoms with Crippen molar-refractivity contribution in [3.8, 4) is 5.75 Å². The maximum Gasteiger partial charge on any atom is 0.369 e. The summed E-state index contributed by atoms with van der Waals surface area (Å²) in [6, 6.07) is 1.83. The van der Waals surface area contributed by atoms with Gasteiger partial charge in [0.15, 0.2) is 5.82 Å². The minimum atomic E-state index is -0.681. The van der Waals surface area contributed by atoms with Gasteiger partial charge in [-0.05, 0) is 19.9 Å². The molecule has 1 aromatic carbocycles. The number of anilines is 1. The summed E-state index contributed by atoms with van der Waals surface area (Å²) in [5.74, 6) is -0.403. The second-order valence-corrected chi connectivity index (χ2v) is 4.94. The lowest BCUT2D eigenvalue weighted by Crippen LogP contribution is -2.45. The number of benzene rings is 1. The Morgan fingerprint density at radius 1 is 1.43 bits per heavy atom. The Kier molecular flexibility index (Phi) is 4.64. The molecule has 1 aliphatic heterocycles. The Morgan fingerprint density at radius 3 is 2.76 bits per heavy atom. The fourth-order valence-corrected chi connectivity index (χ4v) is 1.96. The first kappa shape index (κ1) is 15.5. The Morgan fingerprint density at radius 2 is 2.14 bits per heavy atom. The second-order valence-electron chi connectivity index (χ2n) is 4.54. The number of halogens is 2. The molecule has 0 fully saturated rings. The molecule has 0 atom stereocenters. The number of hydrazone groups is 1. The lowest BCUT2D eigenvalue weighted by molar-refractivity contribution is -0.0727. The zero-order valence-electron chi connectivity index (χ0n) is 11.8. The molecule has 0 N–H and O–H groups in total. The molecule has 0 bridgehead atoms. The molecule has 21 heavy (non-hydrogen) atoms. The zero-order valence-corrected chi connectivity index (χ0v) is 12.6. The molecule has 114 valence electrons. The molecule has 6 nitrogen and oxygen atoms in total. The molecule has 0 aromatic heterocycles. The Balaban J connectivity index is 2.41. The first-order valence-electron chi connectivity index (χ1n) is 6.28. The quantitative estimate of drug-likeness (QED) is 0.858. The Bertz CT molecular complexity index is 580. The number of amides is 2. The molecule has 0 unspecified atom stereocenters. The molecule has 8 heteroatoms. The number of urea groups is 1. The number of carbonyl (C=O) groups is 1. The maximum absolute atomic E-state index is 14.1. The predicted octanol–water partition coefficient (Wildman–Crippen LogP) is 3.06. The normalized spacial score (nSPS) is 15.0. The minimum Gasteiger partial charge on any atom is -0.489 e. The van der Waals surface area contributed by atoms with Crippen molar-refractivity contribution in [2.45, 2.75) is 20.0 Å². The van der Waals surface area contributed by atoms with E-state index in [0.29, 0.717) is 0 Å². The highest BCUT2D eigenvalue weighted by Gasteiger charge is 2.28. The highest BCUT2D eigenvalue weighted by Crippen LogP contribution is 2.34. The Hall–Kier alpha value is -1.86. The number of rotatable bonds is 4. The molecule has 0 radical (unpaired) electrons. The molecular formula is C13H15ClFN3O3. The van der Waals surface area contributed by atoms with Crippen molar-refractivity contribution in [2.24, 2.45) is 5.10 Å². The number of hydroxylamine groups is 2. The molecule has 0 spiro atoms. The van der Waals surface area contributed by atoms with Gasteiger partial charge in [0.25, 0.3) is 0 Å². The molecule has 1 aromatic rings. The number of ether oxygens (including phenoxy) is 1. The summed E-state index contributed by atoms with van der Waals surface area (Å²) in [5.41, 5.74) is -0.0574. The van der Waals surface area contributed by atoms with Gasteiger partial charge >= 0.3 is 6.03 Å². The third kappa shape index (κ3) is 3.25. The summed E-state index contributed by atoms with van der Waals surface area (Å²) in [7, 11) is 1.35. The number of hydrogen-bond donors (Lipinski definition) is 0. The largest absolute Gasteiger partial charge is 0.489 e. The van der Waals surface area contributed by atoms with Crippen molar-refractivity contribution in [2.75, 3.05) is 18.7 Å².